The predicted octanol–water partition coefficient (Wildman–Crippen LogP) is 4.25. The number of benzene rings is 1. The van der Waals surface area contributed by atoms with Crippen molar-refractivity contribution >= 4 is 17.3 Å². The molecular weight excluding hydrogens is 264 g/mol. The third kappa shape index (κ3) is 3.91. The largest absolute Gasteiger partial charge is 0.478 e. The van der Waals surface area contributed by atoms with E-state index in [0.29, 0.717) is 12.0 Å². The van der Waals surface area contributed by atoms with Crippen LogP contribution in [0, 0.1) is 0 Å². The van der Waals surface area contributed by atoms with Crippen LogP contribution in [0.5, 0.6) is 0 Å². The standard InChI is InChI=1S/C18H20O3/c1-2-3-4-17(19)15-9-5-13(6-10-15)14-7-11-16(12-8-14)18(20)21/h5,7-9,11-12H,2-4,6,10H2,1H3,(H,20,21). The molecule has 1 aliphatic carbocycles. The van der Waals surface area contributed by atoms with Crippen LogP contribution in [0.4, 0.5) is 0 Å². The van der Waals surface area contributed by atoms with Crippen LogP contribution in [-0.2, 0) is 4.79 Å². The average molecular weight is 284 g/mol. The molecule has 110 valence electrons. The second-order valence-corrected chi connectivity index (χ2v) is 5.29. The molecule has 1 aromatic carbocycles. The molecule has 0 aliphatic heterocycles. The SMILES string of the molecule is CCCCC(=O)C1=CC=C(c2ccc(C(=O)O)cc2)CC1. The smallest absolute Gasteiger partial charge is 0.335 e. The number of Topliss-reactive ketones (excluding diaryl/α,β-unsaturated/α-hetero) is 1. The Hall–Kier alpha value is -2.16. The van der Waals surface area contributed by atoms with Crippen molar-refractivity contribution in [3.63, 3.8) is 0 Å². The average Bonchev–Trinajstić information content (AvgIpc) is 2.53. The Labute approximate surface area is 125 Å². The zero-order valence-electron chi connectivity index (χ0n) is 12.3. The number of ketones is 1. The van der Waals surface area contributed by atoms with Crippen LogP contribution in [0.25, 0.3) is 5.57 Å². The molecule has 0 heterocycles. The van der Waals surface area contributed by atoms with E-state index >= 15 is 0 Å². The monoisotopic (exact) mass is 284 g/mol. The highest BCUT2D eigenvalue weighted by atomic mass is 16.4. The summed E-state index contributed by atoms with van der Waals surface area (Å²) >= 11 is 0. The molecular formula is C18H20O3. The molecule has 21 heavy (non-hydrogen) atoms. The first-order valence-corrected chi connectivity index (χ1v) is 7.38. The lowest BCUT2D eigenvalue weighted by molar-refractivity contribution is -0.115. The Balaban J connectivity index is 2.09. The first kappa shape index (κ1) is 15.2. The summed E-state index contributed by atoms with van der Waals surface area (Å²) < 4.78 is 0. The van der Waals surface area contributed by atoms with Crippen molar-refractivity contribution < 1.29 is 14.7 Å². The number of carboxylic acids is 1. The molecule has 3 nitrogen and oxygen atoms in total. The fourth-order valence-electron chi connectivity index (χ4n) is 2.43. The summed E-state index contributed by atoms with van der Waals surface area (Å²) in [6.45, 7) is 2.08. The van der Waals surface area contributed by atoms with Gasteiger partial charge in [0.15, 0.2) is 5.78 Å². The number of rotatable bonds is 6. The van der Waals surface area contributed by atoms with Gasteiger partial charge in [-0.15, -0.1) is 0 Å². The quantitative estimate of drug-likeness (QED) is 0.849. The lowest BCUT2D eigenvalue weighted by atomic mass is 9.90. The van der Waals surface area contributed by atoms with Crippen LogP contribution in [0.3, 0.4) is 0 Å². The molecule has 3 heteroatoms. The van der Waals surface area contributed by atoms with Gasteiger partial charge in [0.25, 0.3) is 0 Å². The van der Waals surface area contributed by atoms with Gasteiger partial charge in [-0.05, 0) is 48.1 Å². The third-order valence-corrected chi connectivity index (χ3v) is 3.77. The predicted molar refractivity (Wildman–Crippen MR) is 83.2 cm³/mol. The second-order valence-electron chi connectivity index (χ2n) is 5.29. The summed E-state index contributed by atoms with van der Waals surface area (Å²) in [6, 6.07) is 6.88. The van der Waals surface area contributed by atoms with E-state index in [1.54, 1.807) is 12.1 Å². The zero-order valence-corrected chi connectivity index (χ0v) is 12.3. The number of hydrogen-bond acceptors (Lipinski definition) is 2. The fourth-order valence-corrected chi connectivity index (χ4v) is 2.43. The van der Waals surface area contributed by atoms with Crippen molar-refractivity contribution in [3.8, 4) is 0 Å². The zero-order chi connectivity index (χ0) is 15.2. The molecule has 0 amide bonds. The minimum atomic E-state index is -0.914. The number of allylic oxidation sites excluding steroid dienone is 4. The maximum absolute atomic E-state index is 12.0. The number of carbonyl (C=O) groups is 2. The molecule has 0 unspecified atom stereocenters. The number of carbonyl (C=O) groups excluding carboxylic acids is 1. The van der Waals surface area contributed by atoms with Crippen LogP contribution in [0.15, 0.2) is 42.0 Å². The normalized spacial score (nSPS) is 14.3. The van der Waals surface area contributed by atoms with Gasteiger partial charge in [-0.2, -0.15) is 0 Å². The number of carboxylic acid groups (broad SMARTS) is 1. The van der Waals surface area contributed by atoms with Crippen LogP contribution in [0.1, 0.15) is 54.9 Å². The number of hydrogen-bond donors (Lipinski definition) is 1. The van der Waals surface area contributed by atoms with E-state index in [0.717, 1.165) is 42.4 Å². The Morgan fingerprint density at radius 2 is 1.81 bits per heavy atom. The first-order chi connectivity index (χ1) is 10.1. The summed E-state index contributed by atoms with van der Waals surface area (Å²) in [6.07, 6.45) is 8.13. The van der Waals surface area contributed by atoms with Gasteiger partial charge in [-0.25, -0.2) is 4.79 Å². The summed E-state index contributed by atoms with van der Waals surface area (Å²) in [5.74, 6) is -0.656. The molecule has 0 aromatic heterocycles. The Kier molecular flexibility index (Phi) is 5.09. The van der Waals surface area contributed by atoms with E-state index in [9.17, 15) is 9.59 Å². The number of unbranched alkanes of at least 4 members (excludes halogenated alkanes) is 1. The number of aromatic carboxylic acids is 1. The van der Waals surface area contributed by atoms with E-state index in [1.165, 1.54) is 0 Å². The van der Waals surface area contributed by atoms with E-state index in [2.05, 4.69) is 6.92 Å². The second kappa shape index (κ2) is 7.02. The van der Waals surface area contributed by atoms with Crippen LogP contribution < -0.4 is 0 Å². The summed E-state index contributed by atoms with van der Waals surface area (Å²) in [7, 11) is 0. The summed E-state index contributed by atoms with van der Waals surface area (Å²) in [4.78, 5) is 22.8. The van der Waals surface area contributed by atoms with Crippen LogP contribution in [-0.4, -0.2) is 16.9 Å². The molecule has 0 saturated heterocycles. The highest BCUT2D eigenvalue weighted by Crippen LogP contribution is 2.28. The summed E-state index contributed by atoms with van der Waals surface area (Å²) in [5.41, 5.74) is 3.38. The van der Waals surface area contributed by atoms with Gasteiger partial charge < -0.3 is 5.11 Å². The van der Waals surface area contributed by atoms with Gasteiger partial charge >= 0.3 is 5.97 Å². The lowest BCUT2D eigenvalue weighted by Gasteiger charge is -2.14. The minimum Gasteiger partial charge on any atom is -0.478 e. The Bertz CT molecular complexity index is 591. The molecule has 2 rings (SSSR count). The Morgan fingerprint density at radius 1 is 1.10 bits per heavy atom. The lowest BCUT2D eigenvalue weighted by Crippen LogP contribution is -2.05. The summed E-state index contributed by atoms with van der Waals surface area (Å²) in [5, 5.41) is 8.89. The van der Waals surface area contributed by atoms with Gasteiger partial charge in [0.05, 0.1) is 5.56 Å². The highest BCUT2D eigenvalue weighted by molar-refractivity contribution is 5.96. The minimum absolute atomic E-state index is 0.258. The Morgan fingerprint density at radius 3 is 2.33 bits per heavy atom. The van der Waals surface area contributed by atoms with Gasteiger partial charge in [0.2, 0.25) is 0 Å². The molecule has 1 N–H and O–H groups in total. The van der Waals surface area contributed by atoms with E-state index < -0.39 is 5.97 Å². The van der Waals surface area contributed by atoms with Gasteiger partial charge in [0, 0.05) is 6.42 Å². The van der Waals surface area contributed by atoms with E-state index in [4.69, 9.17) is 5.11 Å². The maximum atomic E-state index is 12.0. The van der Waals surface area contributed by atoms with Crippen molar-refractivity contribution in [1.29, 1.82) is 0 Å². The molecule has 1 aromatic rings. The van der Waals surface area contributed by atoms with E-state index in [1.807, 2.05) is 24.3 Å². The van der Waals surface area contributed by atoms with E-state index in [-0.39, 0.29) is 5.78 Å². The van der Waals surface area contributed by atoms with Crippen LogP contribution >= 0.6 is 0 Å². The first-order valence-electron chi connectivity index (χ1n) is 7.38. The van der Waals surface area contributed by atoms with Gasteiger partial charge in [-0.3, -0.25) is 4.79 Å². The molecule has 0 spiro atoms. The van der Waals surface area contributed by atoms with Crippen molar-refractivity contribution in [1.82, 2.24) is 0 Å². The molecule has 0 atom stereocenters. The van der Waals surface area contributed by atoms with Gasteiger partial charge in [-0.1, -0.05) is 37.6 Å². The molecule has 0 bridgehead atoms. The molecule has 1 aliphatic rings. The fraction of sp³-hybridized carbons (Fsp3) is 0.333. The molecule has 0 saturated carbocycles. The van der Waals surface area contributed by atoms with Crippen molar-refractivity contribution in [2.24, 2.45) is 0 Å². The maximum Gasteiger partial charge on any atom is 0.335 e. The molecule has 0 radical (unpaired) electrons. The highest BCUT2D eigenvalue weighted by Gasteiger charge is 2.14. The van der Waals surface area contributed by atoms with Crippen molar-refractivity contribution in [2.75, 3.05) is 0 Å². The van der Waals surface area contributed by atoms with Crippen molar-refractivity contribution in [3.05, 3.63) is 53.1 Å². The third-order valence-electron chi connectivity index (χ3n) is 3.77. The van der Waals surface area contributed by atoms with Crippen molar-refractivity contribution in [2.45, 2.75) is 39.0 Å². The topological polar surface area (TPSA) is 54.4 Å². The van der Waals surface area contributed by atoms with Gasteiger partial charge in [0.1, 0.15) is 0 Å². The van der Waals surface area contributed by atoms with Crippen LogP contribution in [0.2, 0.25) is 0 Å². The molecule has 0 fully saturated rings.